The Morgan fingerprint density at radius 3 is 2.75 bits per heavy atom. The zero-order chi connectivity index (χ0) is 22.9. The highest BCUT2D eigenvalue weighted by Gasteiger charge is 2.33. The summed E-state index contributed by atoms with van der Waals surface area (Å²) in [6.07, 6.45) is 5.57. The Labute approximate surface area is 186 Å². The first-order valence-electron chi connectivity index (χ1n) is 9.40. The van der Waals surface area contributed by atoms with Gasteiger partial charge in [0.1, 0.15) is 11.0 Å². The van der Waals surface area contributed by atoms with Crippen LogP contribution in [0.25, 0.3) is 5.82 Å². The first-order valence-corrected chi connectivity index (χ1v) is 9.78. The van der Waals surface area contributed by atoms with Gasteiger partial charge in [0, 0.05) is 31.4 Å². The molecular formula is C20H17ClF2N8O. The Morgan fingerprint density at radius 2 is 2.06 bits per heavy atom. The number of hydrogen-bond acceptors (Lipinski definition) is 6. The number of halogens is 3. The van der Waals surface area contributed by atoms with Crippen LogP contribution < -0.4 is 5.32 Å². The Kier molecular flexibility index (Phi) is 5.66. The number of nitrogens with zero attached hydrogens (tertiary/aromatic N) is 7. The molecule has 12 heteroatoms. The molecule has 1 unspecified atom stereocenters. The van der Waals surface area contributed by atoms with E-state index in [1.807, 2.05) is 19.2 Å². The molecule has 0 fully saturated rings. The summed E-state index contributed by atoms with van der Waals surface area (Å²) < 4.78 is 29.6. The Hall–Kier alpha value is -3.73. The van der Waals surface area contributed by atoms with Crippen LogP contribution in [-0.4, -0.2) is 47.2 Å². The monoisotopic (exact) mass is 458 g/mol. The molecule has 0 spiro atoms. The predicted octanol–water partition coefficient (Wildman–Crippen LogP) is 2.46. The zero-order valence-corrected chi connectivity index (χ0v) is 17.8. The minimum atomic E-state index is -0.932. The molecule has 0 aliphatic carbocycles. The lowest BCUT2D eigenvalue weighted by Crippen LogP contribution is -2.40. The summed E-state index contributed by atoms with van der Waals surface area (Å²) in [6.45, 7) is 2.04. The van der Waals surface area contributed by atoms with Gasteiger partial charge in [0.25, 0.3) is 5.91 Å². The van der Waals surface area contributed by atoms with Gasteiger partial charge in [0.05, 0.1) is 29.7 Å². The molecule has 0 aliphatic heterocycles. The molecule has 0 aromatic carbocycles. The van der Waals surface area contributed by atoms with E-state index in [0.29, 0.717) is 16.9 Å². The average molecular weight is 459 g/mol. The molecule has 4 heterocycles. The van der Waals surface area contributed by atoms with Crippen molar-refractivity contribution in [3.05, 3.63) is 82.8 Å². The SMILES string of the molecule is Cn1cc(C(C)(CNC(=O)c2cn(-c3ncc(F)cc3F)nn2)c2cccc(Cl)n2)cn1. The second kappa shape index (κ2) is 8.42. The van der Waals surface area contributed by atoms with E-state index in [0.717, 1.165) is 16.4 Å². The lowest BCUT2D eigenvalue weighted by atomic mass is 9.80. The summed E-state index contributed by atoms with van der Waals surface area (Å²) in [7, 11) is 1.79. The van der Waals surface area contributed by atoms with Crippen LogP contribution >= 0.6 is 11.6 Å². The Morgan fingerprint density at radius 1 is 1.25 bits per heavy atom. The van der Waals surface area contributed by atoms with Crippen molar-refractivity contribution in [3.63, 3.8) is 0 Å². The van der Waals surface area contributed by atoms with Gasteiger partial charge in [-0.05, 0) is 19.1 Å². The van der Waals surface area contributed by atoms with Crippen LogP contribution in [0.4, 0.5) is 8.78 Å². The van der Waals surface area contributed by atoms with Crippen LogP contribution in [0.3, 0.4) is 0 Å². The summed E-state index contributed by atoms with van der Waals surface area (Å²) in [6, 6.07) is 5.91. The molecule has 1 atom stereocenters. The molecule has 4 aromatic rings. The highest BCUT2D eigenvalue weighted by Crippen LogP contribution is 2.30. The van der Waals surface area contributed by atoms with Crippen molar-refractivity contribution >= 4 is 17.5 Å². The number of carbonyl (C=O) groups excluding carboxylic acids is 1. The molecule has 0 aliphatic rings. The molecule has 0 saturated heterocycles. The van der Waals surface area contributed by atoms with Crippen molar-refractivity contribution in [3.8, 4) is 5.82 Å². The molecular weight excluding hydrogens is 442 g/mol. The summed E-state index contributed by atoms with van der Waals surface area (Å²) >= 11 is 6.09. The number of aromatic nitrogens is 7. The highest BCUT2D eigenvalue weighted by molar-refractivity contribution is 6.29. The minimum absolute atomic E-state index is 0.0666. The van der Waals surface area contributed by atoms with Gasteiger partial charge in [-0.15, -0.1) is 5.10 Å². The van der Waals surface area contributed by atoms with Crippen LogP contribution in [0.15, 0.2) is 49.1 Å². The maximum absolute atomic E-state index is 13.9. The molecule has 0 bridgehead atoms. The molecule has 164 valence electrons. The van der Waals surface area contributed by atoms with Crippen molar-refractivity contribution in [1.29, 1.82) is 0 Å². The van der Waals surface area contributed by atoms with Gasteiger partial charge >= 0.3 is 0 Å². The van der Waals surface area contributed by atoms with Crippen LogP contribution in [0.2, 0.25) is 5.15 Å². The van der Waals surface area contributed by atoms with E-state index in [4.69, 9.17) is 11.6 Å². The van der Waals surface area contributed by atoms with Gasteiger partial charge in [0.15, 0.2) is 17.3 Å². The lowest BCUT2D eigenvalue weighted by Gasteiger charge is -2.28. The third kappa shape index (κ3) is 4.19. The molecule has 0 radical (unpaired) electrons. The van der Waals surface area contributed by atoms with Crippen molar-refractivity contribution in [2.45, 2.75) is 12.3 Å². The van der Waals surface area contributed by atoms with Gasteiger partial charge in [0.2, 0.25) is 0 Å². The van der Waals surface area contributed by atoms with E-state index in [-0.39, 0.29) is 18.1 Å². The third-order valence-corrected chi connectivity index (χ3v) is 5.17. The van der Waals surface area contributed by atoms with E-state index in [1.54, 1.807) is 30.1 Å². The predicted molar refractivity (Wildman–Crippen MR) is 110 cm³/mol. The lowest BCUT2D eigenvalue weighted by molar-refractivity contribution is 0.0942. The standard InChI is InChI=1S/C20H17ClF2N8O/c1-20(12-7-26-30(2)9-12,16-4-3-5-17(21)27-16)11-25-19(32)15-10-31(29-28-15)18-14(23)6-13(22)8-24-18/h3-10H,11H2,1-2H3,(H,25,32). The topological polar surface area (TPSA) is 103 Å². The summed E-state index contributed by atoms with van der Waals surface area (Å²) in [4.78, 5) is 20.8. The fourth-order valence-electron chi connectivity index (χ4n) is 3.16. The quantitative estimate of drug-likeness (QED) is 0.445. The molecule has 0 saturated carbocycles. The van der Waals surface area contributed by atoms with Crippen molar-refractivity contribution in [2.24, 2.45) is 7.05 Å². The molecule has 4 aromatic heterocycles. The summed E-state index contributed by atoms with van der Waals surface area (Å²) in [5, 5.41) is 14.8. The first-order chi connectivity index (χ1) is 15.3. The largest absolute Gasteiger partial charge is 0.349 e. The van der Waals surface area contributed by atoms with Crippen molar-refractivity contribution in [2.75, 3.05) is 6.54 Å². The zero-order valence-electron chi connectivity index (χ0n) is 17.0. The molecule has 9 nitrogen and oxygen atoms in total. The summed E-state index contributed by atoms with van der Waals surface area (Å²) in [5.41, 5.74) is 0.633. The third-order valence-electron chi connectivity index (χ3n) is 4.96. The number of hydrogen-bond donors (Lipinski definition) is 1. The maximum Gasteiger partial charge on any atom is 0.273 e. The van der Waals surface area contributed by atoms with E-state index < -0.39 is 23.0 Å². The van der Waals surface area contributed by atoms with Crippen LogP contribution in [0, 0.1) is 11.6 Å². The van der Waals surface area contributed by atoms with Gasteiger partial charge in [-0.25, -0.2) is 18.7 Å². The fourth-order valence-corrected chi connectivity index (χ4v) is 3.32. The first kappa shape index (κ1) is 21.5. The number of amides is 1. The Balaban J connectivity index is 1.58. The smallest absolute Gasteiger partial charge is 0.273 e. The summed E-state index contributed by atoms with van der Waals surface area (Å²) in [5.74, 6) is -2.58. The number of carbonyl (C=O) groups is 1. The van der Waals surface area contributed by atoms with Gasteiger partial charge in [-0.2, -0.15) is 9.78 Å². The number of pyridine rings is 2. The van der Waals surface area contributed by atoms with Gasteiger partial charge < -0.3 is 5.32 Å². The van der Waals surface area contributed by atoms with E-state index >= 15 is 0 Å². The second-order valence-electron chi connectivity index (χ2n) is 7.27. The number of aryl methyl sites for hydroxylation is 1. The van der Waals surface area contributed by atoms with E-state index in [1.165, 1.54) is 6.20 Å². The molecule has 1 amide bonds. The fraction of sp³-hybridized carbons (Fsp3) is 0.200. The maximum atomic E-state index is 13.9. The average Bonchev–Trinajstić information content (AvgIpc) is 3.41. The van der Waals surface area contributed by atoms with Crippen molar-refractivity contribution < 1.29 is 13.6 Å². The number of rotatable bonds is 6. The van der Waals surface area contributed by atoms with Crippen LogP contribution in [-0.2, 0) is 12.5 Å². The van der Waals surface area contributed by atoms with E-state index in [9.17, 15) is 13.6 Å². The Bertz CT molecular complexity index is 1290. The highest BCUT2D eigenvalue weighted by atomic mass is 35.5. The van der Waals surface area contributed by atoms with Crippen LogP contribution in [0.5, 0.6) is 0 Å². The van der Waals surface area contributed by atoms with Gasteiger partial charge in [-0.3, -0.25) is 9.48 Å². The van der Waals surface area contributed by atoms with Crippen molar-refractivity contribution in [1.82, 2.24) is 40.1 Å². The molecule has 1 N–H and O–H groups in total. The normalized spacial score (nSPS) is 13.0. The molecule has 4 rings (SSSR count). The van der Waals surface area contributed by atoms with Gasteiger partial charge in [-0.1, -0.05) is 22.9 Å². The van der Waals surface area contributed by atoms with Crippen LogP contribution in [0.1, 0.15) is 28.7 Å². The second-order valence-corrected chi connectivity index (χ2v) is 7.66. The van der Waals surface area contributed by atoms with E-state index in [2.05, 4.69) is 30.7 Å². The molecule has 32 heavy (non-hydrogen) atoms. The minimum Gasteiger partial charge on any atom is -0.349 e. The number of nitrogens with one attached hydrogen (secondary N) is 1.